The van der Waals surface area contributed by atoms with Gasteiger partial charge in [0.05, 0.1) is 12.7 Å². The number of hydrogen-bond acceptors (Lipinski definition) is 2. The highest BCUT2D eigenvalue weighted by Crippen LogP contribution is 2.19. The predicted octanol–water partition coefficient (Wildman–Crippen LogP) is 3.54. The molecular weight excluding hydrogens is 212 g/mol. The zero-order valence-corrected chi connectivity index (χ0v) is 10.7. The first kappa shape index (κ1) is 13.5. The number of carbonyl (C=O) groups excluding carboxylic acids is 1. The summed E-state index contributed by atoms with van der Waals surface area (Å²) in [5.74, 6) is -0.264. The smallest absolute Gasteiger partial charge is 0.338 e. The highest BCUT2D eigenvalue weighted by molar-refractivity contribution is 5.91. The molecule has 0 saturated carbocycles. The van der Waals surface area contributed by atoms with Crippen LogP contribution >= 0.6 is 0 Å². The number of allylic oxidation sites excluding steroid dienone is 1. The van der Waals surface area contributed by atoms with Gasteiger partial charge in [0.25, 0.3) is 0 Å². The lowest BCUT2D eigenvalue weighted by molar-refractivity contribution is 0.0599. The Bertz CT molecular complexity index is 394. The zero-order valence-electron chi connectivity index (χ0n) is 10.7. The Kier molecular flexibility index (Phi) is 5.47. The Morgan fingerprint density at radius 2 is 2.24 bits per heavy atom. The fraction of sp³-hybridized carbons (Fsp3) is 0.400. The molecule has 17 heavy (non-hydrogen) atoms. The molecule has 0 saturated heterocycles. The highest BCUT2D eigenvalue weighted by atomic mass is 16.5. The monoisotopic (exact) mass is 232 g/mol. The normalized spacial score (nSPS) is 10.0. The van der Waals surface area contributed by atoms with Crippen molar-refractivity contribution < 1.29 is 9.53 Å². The molecule has 0 aromatic heterocycles. The van der Waals surface area contributed by atoms with E-state index in [0.717, 1.165) is 24.8 Å². The van der Waals surface area contributed by atoms with Crippen molar-refractivity contribution in [3.8, 4) is 0 Å². The van der Waals surface area contributed by atoms with Crippen molar-refractivity contribution in [1.82, 2.24) is 0 Å². The van der Waals surface area contributed by atoms with Gasteiger partial charge in [0.15, 0.2) is 0 Å². The fourth-order valence-corrected chi connectivity index (χ4v) is 1.92. The van der Waals surface area contributed by atoms with E-state index in [-0.39, 0.29) is 5.97 Å². The minimum atomic E-state index is -0.264. The molecule has 0 bridgehead atoms. The van der Waals surface area contributed by atoms with Crippen LogP contribution in [0.25, 0.3) is 0 Å². The van der Waals surface area contributed by atoms with Crippen LogP contribution in [-0.2, 0) is 17.6 Å². The molecule has 0 N–H and O–H groups in total. The molecule has 0 fully saturated rings. The Labute approximate surface area is 103 Å². The number of methoxy groups -OCH3 is 1. The van der Waals surface area contributed by atoms with Crippen LogP contribution in [-0.4, -0.2) is 13.1 Å². The molecule has 1 rings (SSSR count). The standard InChI is InChI=1S/C15H20O2/c1-4-6-9-12-10-7-11-14(15(16)17-3)13(12)8-5-2/h5,7,10-11H,2,4,6,8-9H2,1,3H3. The van der Waals surface area contributed by atoms with Crippen LogP contribution in [0.4, 0.5) is 0 Å². The molecule has 92 valence electrons. The van der Waals surface area contributed by atoms with Gasteiger partial charge < -0.3 is 4.74 Å². The largest absolute Gasteiger partial charge is 0.465 e. The third-order valence-corrected chi connectivity index (χ3v) is 2.83. The van der Waals surface area contributed by atoms with E-state index in [9.17, 15) is 4.79 Å². The number of hydrogen-bond donors (Lipinski definition) is 0. The molecule has 0 atom stereocenters. The molecule has 0 aliphatic heterocycles. The first-order valence-corrected chi connectivity index (χ1v) is 6.04. The molecule has 0 radical (unpaired) electrons. The van der Waals surface area contributed by atoms with E-state index < -0.39 is 0 Å². The number of ether oxygens (including phenoxy) is 1. The second-order valence-electron chi connectivity index (χ2n) is 4.03. The summed E-state index contributed by atoms with van der Waals surface area (Å²) in [6.45, 7) is 5.92. The maximum atomic E-state index is 11.7. The van der Waals surface area contributed by atoms with Gasteiger partial charge in [0, 0.05) is 0 Å². The second-order valence-corrected chi connectivity index (χ2v) is 4.03. The van der Waals surface area contributed by atoms with Crippen LogP contribution in [0.3, 0.4) is 0 Å². The average molecular weight is 232 g/mol. The minimum Gasteiger partial charge on any atom is -0.465 e. The molecule has 0 unspecified atom stereocenters. The van der Waals surface area contributed by atoms with E-state index in [1.54, 1.807) is 0 Å². The third-order valence-electron chi connectivity index (χ3n) is 2.83. The summed E-state index contributed by atoms with van der Waals surface area (Å²) in [5.41, 5.74) is 2.96. The van der Waals surface area contributed by atoms with Crippen molar-refractivity contribution >= 4 is 5.97 Å². The van der Waals surface area contributed by atoms with Gasteiger partial charge in [-0.25, -0.2) is 4.79 Å². The summed E-state index contributed by atoms with van der Waals surface area (Å²) in [6, 6.07) is 5.82. The van der Waals surface area contributed by atoms with Gasteiger partial charge in [0.2, 0.25) is 0 Å². The number of carbonyl (C=O) groups is 1. The van der Waals surface area contributed by atoms with E-state index in [1.165, 1.54) is 12.7 Å². The van der Waals surface area contributed by atoms with Crippen LogP contribution in [0, 0.1) is 0 Å². The van der Waals surface area contributed by atoms with Crippen molar-refractivity contribution in [2.24, 2.45) is 0 Å². The van der Waals surface area contributed by atoms with Gasteiger partial charge in [-0.15, -0.1) is 6.58 Å². The lowest BCUT2D eigenvalue weighted by Crippen LogP contribution is -2.08. The lowest BCUT2D eigenvalue weighted by atomic mass is 9.95. The summed E-state index contributed by atoms with van der Waals surface area (Å²) < 4.78 is 4.81. The maximum absolute atomic E-state index is 11.7. The Balaban J connectivity index is 3.11. The number of rotatable bonds is 6. The quantitative estimate of drug-likeness (QED) is 0.554. The van der Waals surface area contributed by atoms with Gasteiger partial charge in [-0.2, -0.15) is 0 Å². The number of aryl methyl sites for hydroxylation is 1. The maximum Gasteiger partial charge on any atom is 0.338 e. The summed E-state index contributed by atoms with van der Waals surface area (Å²) in [4.78, 5) is 11.7. The second kappa shape index (κ2) is 6.89. The van der Waals surface area contributed by atoms with E-state index in [0.29, 0.717) is 12.0 Å². The van der Waals surface area contributed by atoms with E-state index >= 15 is 0 Å². The van der Waals surface area contributed by atoms with Crippen molar-refractivity contribution in [2.45, 2.75) is 32.6 Å². The topological polar surface area (TPSA) is 26.3 Å². The Morgan fingerprint density at radius 3 is 2.82 bits per heavy atom. The van der Waals surface area contributed by atoms with Gasteiger partial charge in [-0.05, 0) is 36.5 Å². The van der Waals surface area contributed by atoms with Crippen molar-refractivity contribution in [3.63, 3.8) is 0 Å². The van der Waals surface area contributed by atoms with Gasteiger partial charge in [-0.1, -0.05) is 31.6 Å². The van der Waals surface area contributed by atoms with Crippen molar-refractivity contribution in [2.75, 3.05) is 7.11 Å². The van der Waals surface area contributed by atoms with Crippen molar-refractivity contribution in [1.29, 1.82) is 0 Å². The van der Waals surface area contributed by atoms with E-state index in [1.807, 2.05) is 18.2 Å². The Morgan fingerprint density at radius 1 is 1.47 bits per heavy atom. The van der Waals surface area contributed by atoms with Gasteiger partial charge in [0.1, 0.15) is 0 Å². The average Bonchev–Trinajstić information content (AvgIpc) is 2.36. The molecule has 2 nitrogen and oxygen atoms in total. The molecular formula is C15H20O2. The number of unbranched alkanes of at least 4 members (excludes halogenated alkanes) is 1. The molecule has 2 heteroatoms. The molecule has 0 spiro atoms. The van der Waals surface area contributed by atoms with Gasteiger partial charge in [-0.3, -0.25) is 0 Å². The number of esters is 1. The van der Waals surface area contributed by atoms with E-state index in [2.05, 4.69) is 19.6 Å². The van der Waals surface area contributed by atoms with Crippen LogP contribution in [0.1, 0.15) is 41.3 Å². The first-order chi connectivity index (χ1) is 8.24. The SMILES string of the molecule is C=CCc1c(CCCC)cccc1C(=O)OC. The van der Waals surface area contributed by atoms with E-state index in [4.69, 9.17) is 4.74 Å². The third kappa shape index (κ3) is 3.45. The summed E-state index contributed by atoms with van der Waals surface area (Å²) in [5, 5.41) is 0. The van der Waals surface area contributed by atoms with Crippen molar-refractivity contribution in [3.05, 3.63) is 47.5 Å². The first-order valence-electron chi connectivity index (χ1n) is 6.04. The molecule has 1 aromatic carbocycles. The van der Waals surface area contributed by atoms with Gasteiger partial charge >= 0.3 is 5.97 Å². The molecule has 1 aromatic rings. The molecule has 0 amide bonds. The highest BCUT2D eigenvalue weighted by Gasteiger charge is 2.13. The molecule has 0 heterocycles. The summed E-state index contributed by atoms with van der Waals surface area (Å²) in [6.07, 6.45) is 5.83. The van der Waals surface area contributed by atoms with Crippen LogP contribution in [0.5, 0.6) is 0 Å². The zero-order chi connectivity index (χ0) is 12.7. The molecule has 0 aliphatic carbocycles. The number of benzene rings is 1. The van der Waals surface area contributed by atoms with Crippen LogP contribution in [0.2, 0.25) is 0 Å². The summed E-state index contributed by atoms with van der Waals surface area (Å²) in [7, 11) is 1.42. The minimum absolute atomic E-state index is 0.264. The van der Waals surface area contributed by atoms with Crippen LogP contribution < -0.4 is 0 Å². The summed E-state index contributed by atoms with van der Waals surface area (Å²) >= 11 is 0. The fourth-order valence-electron chi connectivity index (χ4n) is 1.92. The Hall–Kier alpha value is -1.57. The predicted molar refractivity (Wildman–Crippen MR) is 70.3 cm³/mol. The van der Waals surface area contributed by atoms with Crippen LogP contribution in [0.15, 0.2) is 30.9 Å². The molecule has 0 aliphatic rings. The lowest BCUT2D eigenvalue weighted by Gasteiger charge is -2.12.